The SMILES string of the molecule is CCCCS(=O)(=O)N1CCC(c2ccccc2)CC1. The third kappa shape index (κ3) is 3.80. The summed E-state index contributed by atoms with van der Waals surface area (Å²) in [6, 6.07) is 10.4. The van der Waals surface area contributed by atoms with Crippen LogP contribution >= 0.6 is 0 Å². The summed E-state index contributed by atoms with van der Waals surface area (Å²) in [7, 11) is -3.02. The number of piperidine rings is 1. The van der Waals surface area contributed by atoms with Crippen molar-refractivity contribution in [3.8, 4) is 0 Å². The van der Waals surface area contributed by atoms with Gasteiger partial charge in [0.2, 0.25) is 10.0 Å². The Hall–Kier alpha value is -0.870. The van der Waals surface area contributed by atoms with Gasteiger partial charge in [-0.05, 0) is 30.7 Å². The molecule has 0 aliphatic carbocycles. The summed E-state index contributed by atoms with van der Waals surface area (Å²) in [6.45, 7) is 3.37. The molecule has 0 radical (unpaired) electrons. The Labute approximate surface area is 116 Å². The Morgan fingerprint density at radius 3 is 2.37 bits per heavy atom. The Kier molecular flexibility index (Phi) is 4.99. The molecule has 0 N–H and O–H groups in total. The molecule has 1 aromatic rings. The van der Waals surface area contributed by atoms with Gasteiger partial charge in [-0.3, -0.25) is 0 Å². The van der Waals surface area contributed by atoms with E-state index in [0.717, 1.165) is 25.7 Å². The number of unbranched alkanes of at least 4 members (excludes halogenated alkanes) is 1. The highest BCUT2D eigenvalue weighted by atomic mass is 32.2. The van der Waals surface area contributed by atoms with Crippen LogP contribution < -0.4 is 0 Å². The standard InChI is InChI=1S/C15H23NO2S/c1-2-3-13-19(17,18)16-11-9-15(10-12-16)14-7-5-4-6-8-14/h4-8,15H,2-3,9-13H2,1H3. The maximum absolute atomic E-state index is 12.1. The molecule has 1 aliphatic heterocycles. The molecule has 106 valence electrons. The lowest BCUT2D eigenvalue weighted by atomic mass is 9.90. The zero-order chi connectivity index (χ0) is 13.7. The van der Waals surface area contributed by atoms with Crippen molar-refractivity contribution in [1.82, 2.24) is 4.31 Å². The zero-order valence-corrected chi connectivity index (χ0v) is 12.4. The molecule has 0 unspecified atom stereocenters. The molecule has 2 rings (SSSR count). The van der Waals surface area contributed by atoms with E-state index in [1.807, 2.05) is 13.0 Å². The molecule has 0 atom stereocenters. The van der Waals surface area contributed by atoms with Crippen LogP contribution in [0.5, 0.6) is 0 Å². The molecule has 1 saturated heterocycles. The van der Waals surface area contributed by atoms with E-state index in [2.05, 4.69) is 24.3 Å². The van der Waals surface area contributed by atoms with Gasteiger partial charge in [-0.25, -0.2) is 12.7 Å². The fourth-order valence-corrected chi connectivity index (χ4v) is 4.33. The van der Waals surface area contributed by atoms with E-state index in [9.17, 15) is 8.42 Å². The van der Waals surface area contributed by atoms with Gasteiger partial charge in [0.15, 0.2) is 0 Å². The Balaban J connectivity index is 1.92. The molecule has 19 heavy (non-hydrogen) atoms. The van der Waals surface area contributed by atoms with Crippen molar-refractivity contribution in [1.29, 1.82) is 0 Å². The van der Waals surface area contributed by atoms with Crippen LogP contribution in [0.25, 0.3) is 0 Å². The van der Waals surface area contributed by atoms with Crippen LogP contribution in [0.1, 0.15) is 44.1 Å². The maximum Gasteiger partial charge on any atom is 0.214 e. The van der Waals surface area contributed by atoms with Crippen molar-refractivity contribution in [2.24, 2.45) is 0 Å². The molecule has 1 aromatic carbocycles. The van der Waals surface area contributed by atoms with E-state index in [-0.39, 0.29) is 0 Å². The number of rotatable bonds is 5. The normalized spacial score (nSPS) is 18.6. The minimum atomic E-state index is -3.02. The number of hydrogen-bond donors (Lipinski definition) is 0. The average molecular weight is 281 g/mol. The van der Waals surface area contributed by atoms with Gasteiger partial charge in [0.05, 0.1) is 5.75 Å². The van der Waals surface area contributed by atoms with Crippen molar-refractivity contribution in [2.45, 2.75) is 38.5 Å². The second-order valence-electron chi connectivity index (χ2n) is 5.25. The average Bonchev–Trinajstić information content (AvgIpc) is 2.46. The first-order chi connectivity index (χ1) is 9.13. The highest BCUT2D eigenvalue weighted by Crippen LogP contribution is 2.29. The van der Waals surface area contributed by atoms with Crippen molar-refractivity contribution in [3.63, 3.8) is 0 Å². The quantitative estimate of drug-likeness (QED) is 0.832. The molecule has 0 saturated carbocycles. The molecule has 1 fully saturated rings. The molecule has 0 amide bonds. The number of benzene rings is 1. The van der Waals surface area contributed by atoms with E-state index >= 15 is 0 Å². The Bertz CT molecular complexity index is 476. The highest BCUT2D eigenvalue weighted by Gasteiger charge is 2.27. The van der Waals surface area contributed by atoms with E-state index in [0.29, 0.717) is 24.8 Å². The molecular formula is C15H23NO2S. The Morgan fingerprint density at radius 2 is 1.79 bits per heavy atom. The van der Waals surface area contributed by atoms with Gasteiger partial charge in [-0.2, -0.15) is 0 Å². The molecule has 0 spiro atoms. The van der Waals surface area contributed by atoms with Crippen LogP contribution in [-0.4, -0.2) is 31.6 Å². The molecule has 0 bridgehead atoms. The molecule has 4 heteroatoms. The first-order valence-corrected chi connectivity index (χ1v) is 8.77. The summed E-state index contributed by atoms with van der Waals surface area (Å²) in [6.07, 6.45) is 3.57. The van der Waals surface area contributed by atoms with Crippen LogP contribution in [0.3, 0.4) is 0 Å². The smallest absolute Gasteiger partial charge is 0.212 e. The van der Waals surface area contributed by atoms with Crippen LogP contribution in [0.2, 0.25) is 0 Å². The maximum atomic E-state index is 12.1. The van der Waals surface area contributed by atoms with Crippen molar-refractivity contribution in [3.05, 3.63) is 35.9 Å². The second kappa shape index (κ2) is 6.53. The van der Waals surface area contributed by atoms with E-state index in [4.69, 9.17) is 0 Å². The summed E-state index contributed by atoms with van der Waals surface area (Å²) in [5.74, 6) is 0.818. The summed E-state index contributed by atoms with van der Waals surface area (Å²) < 4.78 is 25.9. The third-order valence-electron chi connectivity index (χ3n) is 3.87. The number of hydrogen-bond acceptors (Lipinski definition) is 2. The summed E-state index contributed by atoms with van der Waals surface area (Å²) in [5.41, 5.74) is 1.34. The van der Waals surface area contributed by atoms with Crippen molar-refractivity contribution < 1.29 is 8.42 Å². The monoisotopic (exact) mass is 281 g/mol. The predicted molar refractivity (Wildman–Crippen MR) is 78.7 cm³/mol. The number of nitrogens with zero attached hydrogens (tertiary/aromatic N) is 1. The predicted octanol–water partition coefficient (Wildman–Crippen LogP) is 3.00. The lowest BCUT2D eigenvalue weighted by Crippen LogP contribution is -2.39. The lowest BCUT2D eigenvalue weighted by molar-refractivity contribution is 0.319. The second-order valence-corrected chi connectivity index (χ2v) is 7.34. The minimum absolute atomic E-state index is 0.305. The topological polar surface area (TPSA) is 37.4 Å². The summed E-state index contributed by atoms with van der Waals surface area (Å²) in [4.78, 5) is 0. The van der Waals surface area contributed by atoms with Gasteiger partial charge < -0.3 is 0 Å². The van der Waals surface area contributed by atoms with Crippen molar-refractivity contribution >= 4 is 10.0 Å². The van der Waals surface area contributed by atoms with Gasteiger partial charge in [0.25, 0.3) is 0 Å². The van der Waals surface area contributed by atoms with E-state index in [1.54, 1.807) is 4.31 Å². The first kappa shape index (κ1) is 14.5. The zero-order valence-electron chi connectivity index (χ0n) is 11.6. The Morgan fingerprint density at radius 1 is 1.16 bits per heavy atom. The van der Waals surface area contributed by atoms with Gasteiger partial charge in [0.1, 0.15) is 0 Å². The molecule has 1 heterocycles. The molecule has 1 aliphatic rings. The molecular weight excluding hydrogens is 258 g/mol. The molecule has 0 aromatic heterocycles. The first-order valence-electron chi connectivity index (χ1n) is 7.16. The van der Waals surface area contributed by atoms with Crippen LogP contribution in [0.4, 0.5) is 0 Å². The van der Waals surface area contributed by atoms with Crippen molar-refractivity contribution in [2.75, 3.05) is 18.8 Å². The summed E-state index contributed by atoms with van der Waals surface area (Å²) in [5, 5.41) is 0. The van der Waals surface area contributed by atoms with Gasteiger partial charge in [-0.15, -0.1) is 0 Å². The van der Waals surface area contributed by atoms with Gasteiger partial charge in [-0.1, -0.05) is 43.7 Å². The largest absolute Gasteiger partial charge is 0.214 e. The van der Waals surface area contributed by atoms with E-state index < -0.39 is 10.0 Å². The van der Waals surface area contributed by atoms with Gasteiger partial charge >= 0.3 is 0 Å². The minimum Gasteiger partial charge on any atom is -0.212 e. The van der Waals surface area contributed by atoms with Crippen LogP contribution in [0.15, 0.2) is 30.3 Å². The molecule has 3 nitrogen and oxygen atoms in total. The lowest BCUT2D eigenvalue weighted by Gasteiger charge is -2.31. The van der Waals surface area contributed by atoms with Gasteiger partial charge in [0, 0.05) is 13.1 Å². The fourth-order valence-electron chi connectivity index (χ4n) is 2.65. The fraction of sp³-hybridized carbons (Fsp3) is 0.600. The van der Waals surface area contributed by atoms with Crippen LogP contribution in [0, 0.1) is 0 Å². The number of sulfonamides is 1. The van der Waals surface area contributed by atoms with Crippen LogP contribution in [-0.2, 0) is 10.0 Å². The highest BCUT2D eigenvalue weighted by molar-refractivity contribution is 7.89. The summed E-state index contributed by atoms with van der Waals surface area (Å²) >= 11 is 0. The third-order valence-corrected chi connectivity index (χ3v) is 5.83. The van der Waals surface area contributed by atoms with E-state index in [1.165, 1.54) is 5.56 Å².